The monoisotopic (exact) mass is 170 g/mol. The summed E-state index contributed by atoms with van der Waals surface area (Å²) in [5.41, 5.74) is 0.332. The van der Waals surface area contributed by atoms with Crippen LogP contribution < -0.4 is 0 Å². The number of ketones is 1. The zero-order valence-electron chi connectivity index (χ0n) is 6.96. The van der Waals surface area contributed by atoms with Crippen LogP contribution in [0.25, 0.3) is 0 Å². The van der Waals surface area contributed by atoms with Crippen molar-refractivity contribution in [2.24, 2.45) is 0 Å². The molecule has 0 aromatic rings. The van der Waals surface area contributed by atoms with E-state index in [-0.39, 0.29) is 12.2 Å². The quantitative estimate of drug-likeness (QED) is 0.599. The Bertz CT molecular complexity index is 266. The number of Topliss-reactive ketones (excluding diaryl/α,β-unsaturated/α-hetero) is 1. The fourth-order valence-electron chi connectivity index (χ4n) is 1.11. The Morgan fingerprint density at radius 2 is 2.33 bits per heavy atom. The molecular weight excluding hydrogens is 160 g/mol. The molecule has 0 amide bonds. The summed E-state index contributed by atoms with van der Waals surface area (Å²) in [6, 6.07) is 0. The summed E-state index contributed by atoms with van der Waals surface area (Å²) in [7, 11) is 0. The van der Waals surface area contributed by atoms with Gasteiger partial charge in [0.2, 0.25) is 5.79 Å². The van der Waals surface area contributed by atoms with Gasteiger partial charge in [-0.05, 0) is 19.9 Å². The lowest BCUT2D eigenvalue weighted by Gasteiger charge is -2.17. The molecule has 0 fully saturated rings. The van der Waals surface area contributed by atoms with Crippen molar-refractivity contribution in [1.82, 2.24) is 0 Å². The number of rotatable bonds is 2. The van der Waals surface area contributed by atoms with Crippen molar-refractivity contribution in [2.75, 3.05) is 0 Å². The Morgan fingerprint density at radius 3 is 2.67 bits per heavy atom. The molecule has 4 heteroatoms. The second-order valence-electron chi connectivity index (χ2n) is 2.94. The number of aliphatic hydroxyl groups is 1. The van der Waals surface area contributed by atoms with E-state index in [1.165, 1.54) is 19.9 Å². The summed E-state index contributed by atoms with van der Waals surface area (Å²) in [6.07, 6.45) is 1.08. The van der Waals surface area contributed by atoms with Crippen LogP contribution in [-0.2, 0) is 14.3 Å². The SMILES string of the molecule is CC(=O)CC1(O)C=C(C)C(=O)O1. The third-order valence-corrected chi connectivity index (χ3v) is 1.54. The third-order valence-electron chi connectivity index (χ3n) is 1.54. The minimum Gasteiger partial charge on any atom is -0.426 e. The highest BCUT2D eigenvalue weighted by Gasteiger charge is 2.37. The van der Waals surface area contributed by atoms with Crippen LogP contribution in [0.1, 0.15) is 20.3 Å². The first-order valence-corrected chi connectivity index (χ1v) is 3.57. The Labute approximate surface area is 69.8 Å². The fourth-order valence-corrected chi connectivity index (χ4v) is 1.11. The lowest BCUT2D eigenvalue weighted by molar-refractivity contribution is -0.180. The van der Waals surface area contributed by atoms with E-state index in [1.807, 2.05) is 0 Å². The fraction of sp³-hybridized carbons (Fsp3) is 0.500. The molecule has 0 saturated carbocycles. The first-order valence-electron chi connectivity index (χ1n) is 3.57. The maximum absolute atomic E-state index is 10.8. The van der Waals surface area contributed by atoms with Crippen molar-refractivity contribution >= 4 is 11.8 Å². The number of carbonyl (C=O) groups is 2. The topological polar surface area (TPSA) is 63.6 Å². The summed E-state index contributed by atoms with van der Waals surface area (Å²) in [6.45, 7) is 2.85. The summed E-state index contributed by atoms with van der Waals surface area (Å²) in [5, 5.41) is 9.46. The largest absolute Gasteiger partial charge is 0.426 e. The Balaban J connectivity index is 2.77. The molecule has 1 atom stereocenters. The van der Waals surface area contributed by atoms with Crippen molar-refractivity contribution in [3.8, 4) is 0 Å². The van der Waals surface area contributed by atoms with Gasteiger partial charge in [0, 0.05) is 5.57 Å². The molecule has 0 aromatic carbocycles. The van der Waals surface area contributed by atoms with Gasteiger partial charge < -0.3 is 9.84 Å². The number of hydrogen-bond donors (Lipinski definition) is 1. The molecule has 0 bridgehead atoms. The van der Waals surface area contributed by atoms with Crippen LogP contribution in [0, 0.1) is 0 Å². The van der Waals surface area contributed by atoms with E-state index < -0.39 is 11.8 Å². The van der Waals surface area contributed by atoms with Crippen molar-refractivity contribution in [3.05, 3.63) is 11.6 Å². The summed E-state index contributed by atoms with van der Waals surface area (Å²) < 4.78 is 4.58. The standard InChI is InChI=1S/C8H10O4/c1-5-3-8(11,4-6(2)9)12-7(5)10/h3,11H,4H2,1-2H3. The lowest BCUT2D eigenvalue weighted by Crippen LogP contribution is -2.30. The van der Waals surface area contributed by atoms with Gasteiger partial charge in [-0.15, -0.1) is 0 Å². The van der Waals surface area contributed by atoms with Gasteiger partial charge in [0.1, 0.15) is 5.78 Å². The molecular formula is C8H10O4. The minimum absolute atomic E-state index is 0.184. The van der Waals surface area contributed by atoms with Crippen LogP contribution in [0.3, 0.4) is 0 Å². The highest BCUT2D eigenvalue weighted by Crippen LogP contribution is 2.25. The molecule has 0 aromatic heterocycles. The third kappa shape index (κ3) is 1.71. The van der Waals surface area contributed by atoms with Gasteiger partial charge in [-0.1, -0.05) is 0 Å². The molecule has 66 valence electrons. The molecule has 12 heavy (non-hydrogen) atoms. The molecule has 0 saturated heterocycles. The second-order valence-corrected chi connectivity index (χ2v) is 2.94. The van der Waals surface area contributed by atoms with Gasteiger partial charge in [0.25, 0.3) is 0 Å². The number of cyclic esters (lactones) is 1. The summed E-state index contributed by atoms with van der Waals surface area (Å²) >= 11 is 0. The van der Waals surface area contributed by atoms with Gasteiger partial charge in [-0.2, -0.15) is 0 Å². The minimum atomic E-state index is -1.70. The molecule has 0 aliphatic carbocycles. The number of esters is 1. The van der Waals surface area contributed by atoms with Gasteiger partial charge in [0.15, 0.2) is 0 Å². The predicted molar refractivity (Wildman–Crippen MR) is 40.1 cm³/mol. The van der Waals surface area contributed by atoms with E-state index in [2.05, 4.69) is 4.74 Å². The molecule has 1 N–H and O–H groups in total. The van der Waals surface area contributed by atoms with Gasteiger partial charge >= 0.3 is 5.97 Å². The zero-order chi connectivity index (χ0) is 9.35. The van der Waals surface area contributed by atoms with Crippen LogP contribution in [-0.4, -0.2) is 22.6 Å². The molecule has 1 heterocycles. The van der Waals surface area contributed by atoms with Crippen molar-refractivity contribution in [3.63, 3.8) is 0 Å². The highest BCUT2D eigenvalue weighted by atomic mass is 16.7. The van der Waals surface area contributed by atoms with Crippen LogP contribution >= 0.6 is 0 Å². The Morgan fingerprint density at radius 1 is 1.75 bits per heavy atom. The second kappa shape index (κ2) is 2.71. The first-order chi connectivity index (χ1) is 5.43. The predicted octanol–water partition coefficient (Wildman–Crippen LogP) is 0.157. The highest BCUT2D eigenvalue weighted by molar-refractivity contribution is 5.91. The van der Waals surface area contributed by atoms with Crippen LogP contribution in [0.2, 0.25) is 0 Å². The molecule has 1 rings (SSSR count). The van der Waals surface area contributed by atoms with Gasteiger partial charge in [-0.25, -0.2) is 4.79 Å². The Hall–Kier alpha value is -1.16. The number of ether oxygens (including phenoxy) is 1. The van der Waals surface area contributed by atoms with Crippen LogP contribution in [0.4, 0.5) is 0 Å². The molecule has 0 radical (unpaired) electrons. The van der Waals surface area contributed by atoms with E-state index in [0.717, 1.165) is 0 Å². The molecule has 1 unspecified atom stereocenters. The number of hydrogen-bond acceptors (Lipinski definition) is 4. The normalized spacial score (nSPS) is 28.2. The van der Waals surface area contributed by atoms with Gasteiger partial charge in [-0.3, -0.25) is 4.79 Å². The first kappa shape index (κ1) is 8.93. The maximum Gasteiger partial charge on any atom is 0.336 e. The van der Waals surface area contributed by atoms with Crippen molar-refractivity contribution in [1.29, 1.82) is 0 Å². The smallest absolute Gasteiger partial charge is 0.336 e. The Kier molecular flexibility index (Phi) is 2.02. The zero-order valence-corrected chi connectivity index (χ0v) is 6.96. The van der Waals surface area contributed by atoms with Gasteiger partial charge in [0.05, 0.1) is 6.42 Å². The average Bonchev–Trinajstić information content (AvgIpc) is 2.04. The molecule has 1 aliphatic heterocycles. The molecule has 4 nitrogen and oxygen atoms in total. The average molecular weight is 170 g/mol. The van der Waals surface area contributed by atoms with Crippen molar-refractivity contribution < 1.29 is 19.4 Å². The van der Waals surface area contributed by atoms with E-state index in [1.54, 1.807) is 0 Å². The molecule has 0 spiro atoms. The van der Waals surface area contributed by atoms with Crippen molar-refractivity contribution in [2.45, 2.75) is 26.1 Å². The van der Waals surface area contributed by atoms with Crippen LogP contribution in [0.5, 0.6) is 0 Å². The van der Waals surface area contributed by atoms with E-state index >= 15 is 0 Å². The van der Waals surface area contributed by atoms with E-state index in [0.29, 0.717) is 5.57 Å². The summed E-state index contributed by atoms with van der Waals surface area (Å²) in [4.78, 5) is 21.4. The van der Waals surface area contributed by atoms with E-state index in [9.17, 15) is 14.7 Å². The van der Waals surface area contributed by atoms with E-state index in [4.69, 9.17) is 0 Å². The number of carbonyl (C=O) groups excluding carboxylic acids is 2. The summed E-state index contributed by atoms with van der Waals surface area (Å²) in [5.74, 6) is -2.50. The maximum atomic E-state index is 10.8. The lowest BCUT2D eigenvalue weighted by atomic mass is 10.1. The van der Waals surface area contributed by atoms with Crippen LogP contribution in [0.15, 0.2) is 11.6 Å². The molecule has 1 aliphatic rings.